The first-order valence-corrected chi connectivity index (χ1v) is 8.38. The van der Waals surface area contributed by atoms with Gasteiger partial charge in [-0.1, -0.05) is 18.2 Å². The summed E-state index contributed by atoms with van der Waals surface area (Å²) < 4.78 is 18.9. The molecule has 0 saturated heterocycles. The number of fused-ring (bicyclic) bond motifs is 1. The molecule has 2 atom stereocenters. The Hall–Kier alpha value is -2.33. The third-order valence-corrected chi connectivity index (χ3v) is 4.86. The molecule has 4 rings (SSSR count). The van der Waals surface area contributed by atoms with Gasteiger partial charge in [-0.3, -0.25) is 0 Å². The first-order chi connectivity index (χ1) is 11.8. The number of aromatic amines is 1. The van der Waals surface area contributed by atoms with Gasteiger partial charge < -0.3 is 15.0 Å². The van der Waals surface area contributed by atoms with E-state index in [9.17, 15) is 4.39 Å². The fourth-order valence-electron chi connectivity index (χ4n) is 3.49. The Kier molecular flexibility index (Phi) is 3.98. The van der Waals surface area contributed by atoms with Gasteiger partial charge in [0.2, 0.25) is 0 Å². The van der Waals surface area contributed by atoms with E-state index in [1.54, 1.807) is 19.2 Å². The summed E-state index contributed by atoms with van der Waals surface area (Å²) in [5, 5.41) is 4.62. The summed E-state index contributed by atoms with van der Waals surface area (Å²) >= 11 is 0. The number of rotatable bonds is 6. The molecular formula is C20H21FN2O. The van der Waals surface area contributed by atoms with Crippen LogP contribution in [0, 0.1) is 5.82 Å². The zero-order chi connectivity index (χ0) is 16.5. The SMILES string of the molecule is COc1ccccc1CCN[C@@H]1C[C@H]1c1c[nH]c2ccc(F)cc12. The molecule has 1 aliphatic carbocycles. The van der Waals surface area contributed by atoms with Crippen molar-refractivity contribution in [3.8, 4) is 5.75 Å². The molecule has 0 bridgehead atoms. The van der Waals surface area contributed by atoms with Crippen LogP contribution in [0.15, 0.2) is 48.7 Å². The lowest BCUT2D eigenvalue weighted by molar-refractivity contribution is 0.409. The van der Waals surface area contributed by atoms with Crippen LogP contribution in [0.3, 0.4) is 0 Å². The third kappa shape index (κ3) is 2.89. The predicted molar refractivity (Wildman–Crippen MR) is 94.1 cm³/mol. The van der Waals surface area contributed by atoms with Crippen molar-refractivity contribution in [2.45, 2.75) is 24.8 Å². The normalized spacial score (nSPS) is 19.6. The fourth-order valence-corrected chi connectivity index (χ4v) is 3.49. The number of halogens is 1. The molecule has 24 heavy (non-hydrogen) atoms. The molecule has 0 spiro atoms. The number of hydrogen-bond donors (Lipinski definition) is 2. The summed E-state index contributed by atoms with van der Waals surface area (Å²) in [7, 11) is 1.71. The molecule has 0 radical (unpaired) electrons. The molecule has 1 fully saturated rings. The van der Waals surface area contributed by atoms with Gasteiger partial charge in [0.05, 0.1) is 7.11 Å². The largest absolute Gasteiger partial charge is 0.496 e. The molecule has 0 unspecified atom stereocenters. The molecule has 1 aromatic heterocycles. The average Bonchev–Trinajstić information content (AvgIpc) is 3.24. The molecule has 124 valence electrons. The van der Waals surface area contributed by atoms with Crippen molar-refractivity contribution < 1.29 is 9.13 Å². The summed E-state index contributed by atoms with van der Waals surface area (Å²) in [6.07, 6.45) is 4.07. The van der Waals surface area contributed by atoms with Crippen LogP contribution in [0.2, 0.25) is 0 Å². The minimum atomic E-state index is -0.176. The highest BCUT2D eigenvalue weighted by molar-refractivity contribution is 5.84. The second-order valence-electron chi connectivity index (χ2n) is 6.40. The maximum Gasteiger partial charge on any atom is 0.123 e. The molecule has 2 N–H and O–H groups in total. The molecule has 1 saturated carbocycles. The van der Waals surface area contributed by atoms with Gasteiger partial charge in [0.25, 0.3) is 0 Å². The monoisotopic (exact) mass is 324 g/mol. The highest BCUT2D eigenvalue weighted by Crippen LogP contribution is 2.43. The Balaban J connectivity index is 1.37. The van der Waals surface area contributed by atoms with Gasteiger partial charge in [-0.2, -0.15) is 0 Å². The summed E-state index contributed by atoms with van der Waals surface area (Å²) in [5.41, 5.74) is 3.45. The predicted octanol–water partition coefficient (Wildman–Crippen LogP) is 4.00. The second kappa shape index (κ2) is 6.29. The van der Waals surface area contributed by atoms with Gasteiger partial charge in [-0.05, 0) is 54.8 Å². The van der Waals surface area contributed by atoms with Crippen LogP contribution >= 0.6 is 0 Å². The highest BCUT2D eigenvalue weighted by atomic mass is 19.1. The standard InChI is InChI=1S/C20H21FN2O/c1-24-20-5-3-2-4-13(20)8-9-22-19-11-16(19)17-12-23-18-7-6-14(21)10-15(17)18/h2-7,10,12,16,19,22-23H,8-9,11H2,1H3/t16-,19+/m0/s1. The van der Waals surface area contributed by atoms with Crippen LogP contribution in [0.25, 0.3) is 10.9 Å². The highest BCUT2D eigenvalue weighted by Gasteiger charge is 2.39. The Morgan fingerprint density at radius 3 is 3.00 bits per heavy atom. The van der Waals surface area contributed by atoms with Gasteiger partial charge in [0, 0.05) is 29.1 Å². The first kappa shape index (κ1) is 15.2. The van der Waals surface area contributed by atoms with Gasteiger partial charge in [0.15, 0.2) is 0 Å². The number of methoxy groups -OCH3 is 1. The van der Waals surface area contributed by atoms with E-state index in [1.165, 1.54) is 17.2 Å². The van der Waals surface area contributed by atoms with E-state index >= 15 is 0 Å². The molecule has 0 amide bonds. The summed E-state index contributed by atoms with van der Waals surface area (Å²) in [4.78, 5) is 3.24. The van der Waals surface area contributed by atoms with Crippen molar-refractivity contribution in [2.75, 3.05) is 13.7 Å². The van der Waals surface area contributed by atoms with E-state index in [2.05, 4.69) is 16.4 Å². The molecule has 1 aliphatic rings. The molecule has 3 aromatic rings. The lowest BCUT2D eigenvalue weighted by atomic mass is 10.1. The van der Waals surface area contributed by atoms with Crippen LogP contribution in [0.5, 0.6) is 5.75 Å². The van der Waals surface area contributed by atoms with Crippen molar-refractivity contribution in [3.05, 3.63) is 65.6 Å². The number of H-pyrrole nitrogens is 1. The fraction of sp³-hybridized carbons (Fsp3) is 0.300. The quantitative estimate of drug-likeness (QED) is 0.719. The van der Waals surface area contributed by atoms with Crippen molar-refractivity contribution in [2.24, 2.45) is 0 Å². The van der Waals surface area contributed by atoms with Crippen molar-refractivity contribution >= 4 is 10.9 Å². The number of para-hydroxylation sites is 1. The number of benzene rings is 2. The first-order valence-electron chi connectivity index (χ1n) is 8.38. The van der Waals surface area contributed by atoms with E-state index < -0.39 is 0 Å². The van der Waals surface area contributed by atoms with E-state index in [-0.39, 0.29) is 5.82 Å². The molecule has 2 aromatic carbocycles. The van der Waals surface area contributed by atoms with Crippen molar-refractivity contribution in [3.63, 3.8) is 0 Å². The third-order valence-electron chi connectivity index (χ3n) is 4.86. The zero-order valence-corrected chi connectivity index (χ0v) is 13.7. The van der Waals surface area contributed by atoms with Gasteiger partial charge in [-0.15, -0.1) is 0 Å². The lowest BCUT2D eigenvalue weighted by Gasteiger charge is -2.09. The maximum absolute atomic E-state index is 13.5. The van der Waals surface area contributed by atoms with Crippen LogP contribution in [-0.2, 0) is 6.42 Å². The number of hydrogen-bond acceptors (Lipinski definition) is 2. The van der Waals surface area contributed by atoms with Crippen LogP contribution < -0.4 is 10.1 Å². The van der Waals surface area contributed by atoms with Crippen molar-refractivity contribution in [1.82, 2.24) is 10.3 Å². The molecule has 3 nitrogen and oxygen atoms in total. The molecule has 1 heterocycles. The summed E-state index contributed by atoms with van der Waals surface area (Å²) in [6.45, 7) is 0.915. The summed E-state index contributed by atoms with van der Waals surface area (Å²) in [5.74, 6) is 1.24. The number of nitrogens with one attached hydrogen (secondary N) is 2. The van der Waals surface area contributed by atoms with Gasteiger partial charge in [0.1, 0.15) is 11.6 Å². The summed E-state index contributed by atoms with van der Waals surface area (Å²) in [6, 6.07) is 13.5. The maximum atomic E-state index is 13.5. The number of ether oxygens (including phenoxy) is 1. The zero-order valence-electron chi connectivity index (χ0n) is 13.7. The lowest BCUT2D eigenvalue weighted by Crippen LogP contribution is -2.21. The van der Waals surface area contributed by atoms with E-state index in [4.69, 9.17) is 4.74 Å². The van der Waals surface area contributed by atoms with Crippen LogP contribution in [0.1, 0.15) is 23.5 Å². The topological polar surface area (TPSA) is 37.0 Å². The Morgan fingerprint density at radius 1 is 1.25 bits per heavy atom. The van der Waals surface area contributed by atoms with E-state index in [0.717, 1.165) is 36.0 Å². The minimum Gasteiger partial charge on any atom is -0.496 e. The Labute approximate surface area is 140 Å². The minimum absolute atomic E-state index is 0.176. The number of aromatic nitrogens is 1. The van der Waals surface area contributed by atoms with Crippen LogP contribution in [-0.4, -0.2) is 24.7 Å². The van der Waals surface area contributed by atoms with E-state index in [0.29, 0.717) is 12.0 Å². The van der Waals surface area contributed by atoms with Gasteiger partial charge >= 0.3 is 0 Å². The smallest absolute Gasteiger partial charge is 0.123 e. The van der Waals surface area contributed by atoms with E-state index in [1.807, 2.05) is 24.4 Å². The van der Waals surface area contributed by atoms with Crippen LogP contribution in [0.4, 0.5) is 4.39 Å². The molecule has 0 aliphatic heterocycles. The Morgan fingerprint density at radius 2 is 2.12 bits per heavy atom. The Bertz CT molecular complexity index is 858. The average molecular weight is 324 g/mol. The molecular weight excluding hydrogens is 303 g/mol. The molecule has 4 heteroatoms. The van der Waals surface area contributed by atoms with Gasteiger partial charge in [-0.25, -0.2) is 4.39 Å². The second-order valence-corrected chi connectivity index (χ2v) is 6.40. The van der Waals surface area contributed by atoms with Crippen molar-refractivity contribution in [1.29, 1.82) is 0 Å².